The van der Waals surface area contributed by atoms with Crippen molar-refractivity contribution in [3.63, 3.8) is 0 Å². The maximum atomic E-state index is 17.1. The Hall–Kier alpha value is -5.39. The molecule has 1 aliphatic rings. The molecule has 0 bridgehead atoms. The number of fused-ring (bicyclic) bond motifs is 2. The van der Waals surface area contributed by atoms with Crippen LogP contribution in [-0.2, 0) is 42.0 Å². The molecule has 21 heteroatoms. The molecule has 4 N–H and O–H groups in total. The summed E-state index contributed by atoms with van der Waals surface area (Å²) >= 11 is 0. The second-order valence-electron chi connectivity index (χ2n) is 15.2. The fourth-order valence-electron chi connectivity index (χ4n) is 6.26. The van der Waals surface area contributed by atoms with Crippen LogP contribution in [0, 0.1) is 0 Å². The van der Waals surface area contributed by atoms with Crippen LogP contribution in [0.25, 0.3) is 21.5 Å². The van der Waals surface area contributed by atoms with Gasteiger partial charge in [0.25, 0.3) is 11.4 Å². The van der Waals surface area contributed by atoms with Gasteiger partial charge in [-0.05, 0) is 98.8 Å². The Balaban J connectivity index is 0.000000584. The Morgan fingerprint density at radius 1 is 0.857 bits per heavy atom. The number of esters is 2. The van der Waals surface area contributed by atoms with Gasteiger partial charge >= 0.3 is 33.6 Å². The van der Waals surface area contributed by atoms with Crippen molar-refractivity contribution < 1.29 is 60.4 Å². The highest BCUT2D eigenvalue weighted by molar-refractivity contribution is 7.52. The van der Waals surface area contributed by atoms with E-state index in [1.54, 1.807) is 70.2 Å². The summed E-state index contributed by atoms with van der Waals surface area (Å²) in [6.07, 6.45) is -5.08. The molecule has 0 saturated carbocycles. The number of nitrogens with one attached hydrogen (secondary N) is 3. The van der Waals surface area contributed by atoms with E-state index in [1.807, 2.05) is 35.3 Å². The van der Waals surface area contributed by atoms with Crippen LogP contribution in [0.5, 0.6) is 11.5 Å². The molecule has 2 unspecified atom stereocenters. The molecule has 338 valence electrons. The number of aromatic amines is 1. The third-order valence-electron chi connectivity index (χ3n) is 9.16. The summed E-state index contributed by atoms with van der Waals surface area (Å²) in [5.74, 6) is -4.99. The molecule has 1 fully saturated rings. The molecule has 6 rings (SSSR count). The zero-order valence-electron chi connectivity index (χ0n) is 35.4. The first-order valence-electron chi connectivity index (χ1n) is 19.7. The highest BCUT2D eigenvalue weighted by Gasteiger charge is 2.69. The lowest BCUT2D eigenvalue weighted by Crippen LogP contribution is -2.50. The molecule has 4 aromatic carbocycles. The normalized spacial score (nSPS) is 21.9. The Morgan fingerprint density at radius 3 is 2.00 bits per heavy atom. The van der Waals surface area contributed by atoms with Gasteiger partial charge in [0.2, 0.25) is 0 Å². The van der Waals surface area contributed by atoms with Gasteiger partial charge in [0.1, 0.15) is 23.6 Å². The summed E-state index contributed by atoms with van der Waals surface area (Å²) in [5.41, 5.74) is -5.19. The minimum atomic E-state index is -5.08. The number of H-pyrrole nitrogens is 1. The van der Waals surface area contributed by atoms with Gasteiger partial charge in [-0.15, -0.1) is 4.52 Å². The number of carbonyl (C=O) groups is 2. The second-order valence-corrected chi connectivity index (χ2v) is 17.9. The maximum absolute atomic E-state index is 17.1. The summed E-state index contributed by atoms with van der Waals surface area (Å²) in [4.78, 5) is 51.4. The number of aromatic hydroxyl groups is 1. The number of hydrogen-bond acceptors (Lipinski definition) is 13. The molecule has 1 aliphatic heterocycles. The van der Waals surface area contributed by atoms with E-state index in [0.717, 1.165) is 35.3 Å². The molecule has 0 aliphatic carbocycles. The number of ether oxygens (including phenoxy) is 3. The predicted molar refractivity (Wildman–Crippen MR) is 229 cm³/mol. The molecule has 1 aromatic heterocycles. The minimum Gasteiger partial charge on any atom is -0.508 e. The summed E-state index contributed by atoms with van der Waals surface area (Å²) in [5, 5.41) is 17.4. The number of alkyl halides is 2. The standard InChI is InChI=1S/C32H40F2N4O12P2.C10H8O/c1-18(2)46-26(40)20(5)36-51(43)45-17-32(34)28(31(7,33)29(48-32)38-15-14-25(39)35-30(38)42)50-52(44,37-21(6)27(41)47-19(3)4)49-24-13-12-22-10-8-9-11-23(22)16-24;11-10-6-5-8-3-1-2-4-9(8)7-10/h8-16,18-21,28-29H,17H2,1-7H3,(H2-,35,36,37,39,42,43,44);1-7,11H/p+1/t20-,21-,28-,29+,31+,32+,52?;/m0./s1. The van der Waals surface area contributed by atoms with Gasteiger partial charge in [-0.3, -0.25) is 28.5 Å². The maximum Gasteiger partial charge on any atom is 0.614 e. The van der Waals surface area contributed by atoms with Gasteiger partial charge < -0.3 is 23.8 Å². The topological polar surface area (TPSA) is 223 Å². The number of rotatable bonds is 16. The van der Waals surface area contributed by atoms with E-state index in [-0.39, 0.29) is 5.75 Å². The van der Waals surface area contributed by atoms with Crippen LogP contribution in [0.3, 0.4) is 0 Å². The van der Waals surface area contributed by atoms with E-state index in [9.17, 15) is 28.3 Å². The van der Waals surface area contributed by atoms with Crippen LogP contribution in [0.1, 0.15) is 54.7 Å². The minimum absolute atomic E-state index is 0.0953. The van der Waals surface area contributed by atoms with Crippen LogP contribution >= 0.6 is 15.9 Å². The Kier molecular flexibility index (Phi) is 15.8. The lowest BCUT2D eigenvalue weighted by molar-refractivity contribution is -0.199. The molecule has 0 radical (unpaired) electrons. The summed E-state index contributed by atoms with van der Waals surface area (Å²) < 4.78 is 94.3. The Labute approximate surface area is 361 Å². The van der Waals surface area contributed by atoms with Crippen molar-refractivity contribution in [2.75, 3.05) is 6.61 Å². The summed E-state index contributed by atoms with van der Waals surface area (Å²) in [7, 11) is -8.14. The van der Waals surface area contributed by atoms with Crippen LogP contribution in [0.4, 0.5) is 8.78 Å². The quantitative estimate of drug-likeness (QED) is 0.0565. The number of phenolic OH excluding ortho intramolecular Hbond substituents is 1. The fraction of sp³-hybridized carbons (Fsp3) is 0.381. The van der Waals surface area contributed by atoms with Crippen molar-refractivity contribution in [2.24, 2.45) is 0 Å². The first-order chi connectivity index (χ1) is 29.6. The lowest BCUT2D eigenvalue weighted by Gasteiger charge is -2.32. The first-order valence-corrected chi connectivity index (χ1v) is 22.4. The smallest absolute Gasteiger partial charge is 0.508 e. The molecular formula is C42H49F2N4O13P2+. The van der Waals surface area contributed by atoms with E-state index in [2.05, 4.69) is 10.2 Å². The number of benzene rings is 4. The van der Waals surface area contributed by atoms with Crippen molar-refractivity contribution >= 4 is 49.4 Å². The predicted octanol–water partition coefficient (Wildman–Crippen LogP) is 7.26. The zero-order chi connectivity index (χ0) is 46.3. The molecule has 0 spiro atoms. The number of phenols is 1. The first kappa shape index (κ1) is 48.6. The van der Waals surface area contributed by atoms with Crippen LogP contribution in [0.15, 0.2) is 107 Å². The zero-order valence-corrected chi connectivity index (χ0v) is 37.1. The average Bonchev–Trinajstić information content (AvgIpc) is 3.40. The number of nitrogens with zero attached hydrogens (tertiary/aromatic N) is 1. The van der Waals surface area contributed by atoms with Crippen molar-refractivity contribution in [3.05, 3.63) is 118 Å². The van der Waals surface area contributed by atoms with Crippen molar-refractivity contribution in [1.29, 1.82) is 0 Å². The third kappa shape index (κ3) is 12.6. The highest BCUT2D eigenvalue weighted by Crippen LogP contribution is 2.57. The number of aromatic nitrogens is 2. The van der Waals surface area contributed by atoms with Crippen molar-refractivity contribution in [1.82, 2.24) is 19.7 Å². The van der Waals surface area contributed by atoms with E-state index in [1.165, 1.54) is 26.0 Å². The number of hydrogen-bond donors (Lipinski definition) is 4. The monoisotopic (exact) mass is 917 g/mol. The van der Waals surface area contributed by atoms with Gasteiger partial charge in [-0.2, -0.15) is 5.09 Å². The highest BCUT2D eigenvalue weighted by atomic mass is 31.2. The van der Waals surface area contributed by atoms with Crippen molar-refractivity contribution in [2.45, 2.75) is 96.6 Å². The number of halogens is 2. The molecule has 8 atom stereocenters. The SMILES string of the molecule is CC(C)OC(=O)[C@H](C)N[P+](=O)OC[C@@]1(F)O[C@@H](n2ccc(=O)[nH]c2=O)[C@](C)(F)[C@@H]1OP(=O)(N[C@@H](C)C(=O)OC(C)C)Oc1ccc2ccccc2c1.Oc1ccc2ccccc2c1. The fourth-order valence-corrected chi connectivity index (χ4v) is 8.81. The van der Waals surface area contributed by atoms with Gasteiger partial charge in [-0.1, -0.05) is 65.8 Å². The lowest BCUT2D eigenvalue weighted by atomic mass is 9.97. The summed E-state index contributed by atoms with van der Waals surface area (Å²) in [6, 6.07) is 23.1. The van der Waals surface area contributed by atoms with Crippen LogP contribution in [-0.4, -0.2) is 75.1 Å². The second kappa shape index (κ2) is 20.4. The summed E-state index contributed by atoms with van der Waals surface area (Å²) in [6.45, 7) is 8.26. The molecule has 63 heavy (non-hydrogen) atoms. The van der Waals surface area contributed by atoms with E-state index >= 15 is 8.78 Å². The van der Waals surface area contributed by atoms with E-state index in [0.29, 0.717) is 15.7 Å². The van der Waals surface area contributed by atoms with Gasteiger partial charge in [0.15, 0.2) is 24.6 Å². The molecule has 1 saturated heterocycles. The van der Waals surface area contributed by atoms with Crippen molar-refractivity contribution in [3.8, 4) is 11.5 Å². The van der Waals surface area contributed by atoms with E-state index < -0.39 is 93.9 Å². The van der Waals surface area contributed by atoms with E-state index in [4.69, 9.17) is 32.9 Å². The molecular weight excluding hydrogens is 868 g/mol. The molecule has 0 amide bonds. The van der Waals surface area contributed by atoms with Gasteiger partial charge in [0, 0.05) is 12.3 Å². The van der Waals surface area contributed by atoms with Gasteiger partial charge in [-0.25, -0.2) is 18.1 Å². The Morgan fingerprint density at radius 2 is 1.41 bits per heavy atom. The largest absolute Gasteiger partial charge is 0.614 e. The Bertz CT molecular complexity index is 2610. The molecule has 5 aromatic rings. The number of carbonyl (C=O) groups excluding carboxylic acids is 2. The van der Waals surface area contributed by atoms with Gasteiger partial charge in [0.05, 0.1) is 12.2 Å². The van der Waals surface area contributed by atoms with Crippen LogP contribution in [0.2, 0.25) is 0 Å². The molecule has 2 heterocycles. The molecule has 17 nitrogen and oxygen atoms in total. The average molecular weight is 918 g/mol. The van der Waals surface area contributed by atoms with Crippen LogP contribution < -0.4 is 25.9 Å². The third-order valence-corrected chi connectivity index (χ3v) is 11.8.